The maximum atomic E-state index is 11.5. The van der Waals surface area contributed by atoms with Crippen LogP contribution in [0.1, 0.15) is 11.1 Å². The summed E-state index contributed by atoms with van der Waals surface area (Å²) in [5.74, 6) is 0.353. The fraction of sp³-hybridized carbons (Fsp3) is 0.273. The number of hydrogen-bond donors (Lipinski definition) is 2. The lowest BCUT2D eigenvalue weighted by Gasteiger charge is -2.04. The predicted molar refractivity (Wildman–Crippen MR) is 61.4 cm³/mol. The van der Waals surface area contributed by atoms with Crippen molar-refractivity contribution in [2.45, 2.75) is 13.8 Å². The van der Waals surface area contributed by atoms with Crippen LogP contribution < -0.4 is 10.9 Å². The molecule has 4 nitrogen and oxygen atoms in total. The smallest absolute Gasteiger partial charge is 0.291 e. The van der Waals surface area contributed by atoms with Crippen LogP contribution in [0.2, 0.25) is 0 Å². The first-order chi connectivity index (χ1) is 7.11. The van der Waals surface area contributed by atoms with E-state index >= 15 is 0 Å². The van der Waals surface area contributed by atoms with Crippen molar-refractivity contribution in [1.82, 2.24) is 9.97 Å². The molecule has 0 atom stereocenters. The molecule has 15 heavy (non-hydrogen) atoms. The van der Waals surface area contributed by atoms with E-state index in [9.17, 15) is 4.79 Å². The molecule has 0 aliphatic heterocycles. The van der Waals surface area contributed by atoms with Crippen molar-refractivity contribution < 1.29 is 0 Å². The average molecular weight is 203 g/mol. The summed E-state index contributed by atoms with van der Waals surface area (Å²) in [5, 5.41) is 2.77. The summed E-state index contributed by atoms with van der Waals surface area (Å²) < 4.78 is 0. The Labute approximate surface area is 87.4 Å². The van der Waals surface area contributed by atoms with Gasteiger partial charge in [0.25, 0.3) is 5.56 Å². The van der Waals surface area contributed by atoms with Crippen molar-refractivity contribution in [3.63, 3.8) is 0 Å². The van der Waals surface area contributed by atoms with Gasteiger partial charge < -0.3 is 10.3 Å². The van der Waals surface area contributed by atoms with Gasteiger partial charge in [-0.2, -0.15) is 0 Å². The number of aromatic amines is 1. The highest BCUT2D eigenvalue weighted by Crippen LogP contribution is 2.15. The van der Waals surface area contributed by atoms with Crippen LogP contribution in [0.15, 0.2) is 16.9 Å². The molecule has 1 aromatic heterocycles. The molecule has 0 radical (unpaired) electrons. The summed E-state index contributed by atoms with van der Waals surface area (Å²) in [5.41, 5.74) is 3.72. The monoisotopic (exact) mass is 203 g/mol. The first-order valence-corrected chi connectivity index (χ1v) is 4.81. The number of anilines is 1. The highest BCUT2D eigenvalue weighted by Gasteiger charge is 2.04. The molecule has 0 spiro atoms. The summed E-state index contributed by atoms with van der Waals surface area (Å²) in [4.78, 5) is 18.5. The molecule has 2 N–H and O–H groups in total. The van der Waals surface area contributed by atoms with Gasteiger partial charge in [0, 0.05) is 7.05 Å². The molecule has 0 fully saturated rings. The van der Waals surface area contributed by atoms with Gasteiger partial charge in [-0.25, -0.2) is 4.98 Å². The number of aryl methyl sites for hydroxylation is 2. The quantitative estimate of drug-likeness (QED) is 0.739. The minimum absolute atomic E-state index is 0.187. The molecule has 0 saturated heterocycles. The number of nitrogens with zero attached hydrogens (tertiary/aromatic N) is 1. The van der Waals surface area contributed by atoms with E-state index in [1.807, 2.05) is 26.0 Å². The number of hydrogen-bond acceptors (Lipinski definition) is 3. The largest absolute Gasteiger partial charge is 0.369 e. The predicted octanol–water partition coefficient (Wildman–Crippen LogP) is 1.58. The molecule has 0 aliphatic rings. The Morgan fingerprint density at radius 2 is 1.93 bits per heavy atom. The lowest BCUT2D eigenvalue weighted by molar-refractivity contribution is 1.19. The van der Waals surface area contributed by atoms with Gasteiger partial charge in [-0.15, -0.1) is 0 Å². The molecular weight excluding hydrogens is 190 g/mol. The Bertz CT molecular complexity index is 572. The van der Waals surface area contributed by atoms with Gasteiger partial charge in [0.15, 0.2) is 5.82 Å². The van der Waals surface area contributed by atoms with Gasteiger partial charge >= 0.3 is 0 Å². The lowest BCUT2D eigenvalue weighted by atomic mass is 10.1. The van der Waals surface area contributed by atoms with Crippen molar-refractivity contribution in [2.75, 3.05) is 12.4 Å². The van der Waals surface area contributed by atoms with E-state index in [1.165, 1.54) is 5.56 Å². The number of aromatic nitrogens is 2. The Kier molecular flexibility index (Phi) is 2.19. The summed E-state index contributed by atoms with van der Waals surface area (Å²) >= 11 is 0. The van der Waals surface area contributed by atoms with Crippen LogP contribution >= 0.6 is 0 Å². The first-order valence-electron chi connectivity index (χ1n) is 4.81. The summed E-state index contributed by atoms with van der Waals surface area (Å²) in [6.45, 7) is 4.04. The van der Waals surface area contributed by atoms with Crippen LogP contribution in [-0.4, -0.2) is 17.0 Å². The summed E-state index contributed by atoms with van der Waals surface area (Å²) in [6, 6.07) is 3.92. The highest BCUT2D eigenvalue weighted by molar-refractivity contribution is 5.77. The van der Waals surface area contributed by atoms with E-state index in [1.54, 1.807) is 7.05 Å². The van der Waals surface area contributed by atoms with Crippen LogP contribution in [0, 0.1) is 13.8 Å². The van der Waals surface area contributed by atoms with Crippen molar-refractivity contribution in [3.8, 4) is 0 Å². The van der Waals surface area contributed by atoms with Crippen molar-refractivity contribution in [1.29, 1.82) is 0 Å². The van der Waals surface area contributed by atoms with E-state index in [2.05, 4.69) is 15.3 Å². The van der Waals surface area contributed by atoms with Crippen LogP contribution in [0.25, 0.3) is 11.0 Å². The number of rotatable bonds is 1. The van der Waals surface area contributed by atoms with Crippen molar-refractivity contribution in [3.05, 3.63) is 33.6 Å². The molecule has 2 aromatic rings. The van der Waals surface area contributed by atoms with E-state index in [4.69, 9.17) is 0 Å². The second kappa shape index (κ2) is 3.38. The van der Waals surface area contributed by atoms with Gasteiger partial charge in [-0.1, -0.05) is 0 Å². The van der Waals surface area contributed by atoms with Crippen LogP contribution in [0.4, 0.5) is 5.82 Å². The van der Waals surface area contributed by atoms with Crippen molar-refractivity contribution in [2.24, 2.45) is 0 Å². The number of benzene rings is 1. The molecule has 0 aliphatic carbocycles. The fourth-order valence-electron chi connectivity index (χ4n) is 1.52. The Morgan fingerprint density at radius 3 is 2.60 bits per heavy atom. The molecule has 2 rings (SSSR count). The molecule has 4 heteroatoms. The molecule has 78 valence electrons. The van der Waals surface area contributed by atoms with E-state index in [0.29, 0.717) is 5.82 Å². The summed E-state index contributed by atoms with van der Waals surface area (Å²) in [6.07, 6.45) is 0. The Morgan fingerprint density at radius 1 is 1.27 bits per heavy atom. The summed E-state index contributed by atoms with van der Waals surface area (Å²) in [7, 11) is 1.68. The third kappa shape index (κ3) is 1.58. The van der Waals surface area contributed by atoms with E-state index in [-0.39, 0.29) is 5.56 Å². The topological polar surface area (TPSA) is 57.8 Å². The van der Waals surface area contributed by atoms with Gasteiger partial charge in [-0.3, -0.25) is 4.79 Å². The standard InChI is InChI=1S/C11H13N3O/c1-6-4-8-9(5-7(6)2)14-11(15)10(12-3)13-8/h4-5H,1-3H3,(H,12,13)(H,14,15). The first kappa shape index (κ1) is 9.71. The minimum Gasteiger partial charge on any atom is -0.369 e. The Hall–Kier alpha value is -1.84. The maximum Gasteiger partial charge on any atom is 0.291 e. The second-order valence-electron chi connectivity index (χ2n) is 3.62. The molecular formula is C11H13N3O. The molecule has 0 unspecified atom stereocenters. The van der Waals surface area contributed by atoms with Crippen LogP contribution in [0.5, 0.6) is 0 Å². The Balaban J connectivity index is 2.82. The zero-order chi connectivity index (χ0) is 11.0. The third-order valence-corrected chi connectivity index (χ3v) is 2.54. The van der Waals surface area contributed by atoms with Crippen molar-refractivity contribution >= 4 is 16.9 Å². The van der Waals surface area contributed by atoms with E-state index in [0.717, 1.165) is 16.6 Å². The number of nitrogens with one attached hydrogen (secondary N) is 2. The van der Waals surface area contributed by atoms with Gasteiger partial charge in [0.1, 0.15) is 0 Å². The number of fused-ring (bicyclic) bond motifs is 1. The average Bonchev–Trinajstić information content (AvgIpc) is 2.20. The molecule has 0 amide bonds. The zero-order valence-electron chi connectivity index (χ0n) is 9.01. The van der Waals surface area contributed by atoms with Gasteiger partial charge in [-0.05, 0) is 37.1 Å². The normalized spacial score (nSPS) is 10.6. The molecule has 0 bridgehead atoms. The minimum atomic E-state index is -0.187. The number of H-pyrrole nitrogens is 1. The second-order valence-corrected chi connectivity index (χ2v) is 3.62. The molecule has 1 heterocycles. The van der Waals surface area contributed by atoms with Gasteiger partial charge in [0.2, 0.25) is 0 Å². The zero-order valence-corrected chi connectivity index (χ0v) is 9.01. The lowest BCUT2D eigenvalue weighted by Crippen LogP contribution is -2.13. The third-order valence-electron chi connectivity index (χ3n) is 2.54. The highest BCUT2D eigenvalue weighted by atomic mass is 16.1. The maximum absolute atomic E-state index is 11.5. The fourth-order valence-corrected chi connectivity index (χ4v) is 1.52. The SMILES string of the molecule is CNc1nc2cc(C)c(C)cc2[nH]c1=O. The van der Waals surface area contributed by atoms with Crippen LogP contribution in [0.3, 0.4) is 0 Å². The van der Waals surface area contributed by atoms with Crippen LogP contribution in [-0.2, 0) is 0 Å². The van der Waals surface area contributed by atoms with E-state index < -0.39 is 0 Å². The molecule has 0 saturated carbocycles. The van der Waals surface area contributed by atoms with Gasteiger partial charge in [0.05, 0.1) is 11.0 Å². The molecule has 1 aromatic carbocycles.